The first-order chi connectivity index (χ1) is 14.5. The molecule has 31 heavy (non-hydrogen) atoms. The van der Waals surface area contributed by atoms with Gasteiger partial charge in [-0.05, 0) is 74.0 Å². The summed E-state index contributed by atoms with van der Waals surface area (Å²) in [6, 6.07) is 0. The number of allylic oxidation sites excluding steroid dienone is 2. The van der Waals surface area contributed by atoms with Gasteiger partial charge in [-0.25, -0.2) is 0 Å². The number of hydrogen-bond acceptors (Lipinski definition) is 4. The van der Waals surface area contributed by atoms with Crippen LogP contribution in [-0.4, -0.2) is 39.9 Å². The molecular formula is C27H42O4. The number of hydrogen-bond donors (Lipinski definition) is 2. The minimum absolute atomic E-state index is 0.000809. The second-order valence-corrected chi connectivity index (χ2v) is 11.6. The first-order valence-corrected chi connectivity index (χ1v) is 12.4. The molecule has 4 heteroatoms. The highest BCUT2D eigenvalue weighted by Crippen LogP contribution is 2.63. The molecule has 1 heterocycles. The number of ether oxygens (including phenoxy) is 2. The van der Waals surface area contributed by atoms with Crippen LogP contribution in [0.2, 0.25) is 0 Å². The van der Waals surface area contributed by atoms with Crippen LogP contribution in [0, 0.1) is 23.7 Å². The number of aliphatic hydroxyl groups excluding tert-OH is 1. The second-order valence-electron chi connectivity index (χ2n) is 11.6. The molecule has 0 amide bonds. The SMILES string of the molecule is CC(C)CC(O)(CC(C)C)C1/C=C\C=C(\CO)C2=C3[C@H]1CCCC[C@@]31OC(C)(C)O[C@@H]21. The van der Waals surface area contributed by atoms with Gasteiger partial charge in [0.1, 0.15) is 11.7 Å². The Balaban J connectivity index is 1.86. The zero-order chi connectivity index (χ0) is 22.6. The molecule has 1 saturated heterocycles. The van der Waals surface area contributed by atoms with Crippen molar-refractivity contribution in [1.82, 2.24) is 0 Å². The van der Waals surface area contributed by atoms with Crippen molar-refractivity contribution in [2.45, 2.75) is 103 Å². The Morgan fingerprint density at radius 1 is 1.13 bits per heavy atom. The van der Waals surface area contributed by atoms with Gasteiger partial charge in [-0.15, -0.1) is 0 Å². The van der Waals surface area contributed by atoms with E-state index in [-0.39, 0.29) is 24.5 Å². The number of aliphatic hydroxyl groups is 2. The largest absolute Gasteiger partial charge is 0.392 e. The third-order valence-electron chi connectivity index (χ3n) is 7.66. The standard InChI is InChI=1S/C27H42O4/c1-17(2)14-26(29,15-18(3)4)21-12-9-10-19(16-28)22-23-20(21)11-7-8-13-27(23)24(22)30-25(5,6)31-27/h9-10,12,17-18,20-21,24,28-29H,7-8,11,13-16H2,1-6H3/b12-9-,19-10-/t20-,21?,24-,27+/m0/s1. The van der Waals surface area contributed by atoms with E-state index in [9.17, 15) is 10.2 Å². The molecule has 0 bridgehead atoms. The van der Waals surface area contributed by atoms with Gasteiger partial charge in [0.15, 0.2) is 5.79 Å². The summed E-state index contributed by atoms with van der Waals surface area (Å²) in [5, 5.41) is 22.4. The zero-order valence-corrected chi connectivity index (χ0v) is 20.3. The molecule has 2 fully saturated rings. The summed E-state index contributed by atoms with van der Waals surface area (Å²) < 4.78 is 13.1. The Bertz CT molecular complexity index is 777. The van der Waals surface area contributed by atoms with Crippen molar-refractivity contribution in [2.24, 2.45) is 23.7 Å². The molecule has 1 saturated carbocycles. The van der Waals surface area contributed by atoms with Gasteiger partial charge in [-0.2, -0.15) is 0 Å². The normalized spacial score (nSPS) is 37.4. The Morgan fingerprint density at radius 2 is 1.81 bits per heavy atom. The zero-order valence-electron chi connectivity index (χ0n) is 20.3. The number of fused-ring (bicyclic) bond motifs is 1. The third kappa shape index (κ3) is 3.88. The molecular weight excluding hydrogens is 388 g/mol. The molecule has 0 aromatic rings. The van der Waals surface area contributed by atoms with E-state index < -0.39 is 17.0 Å². The van der Waals surface area contributed by atoms with Crippen LogP contribution in [0.4, 0.5) is 0 Å². The van der Waals surface area contributed by atoms with E-state index in [4.69, 9.17) is 9.47 Å². The average molecular weight is 431 g/mol. The lowest BCUT2D eigenvalue weighted by Gasteiger charge is -2.52. The predicted molar refractivity (Wildman–Crippen MR) is 123 cm³/mol. The van der Waals surface area contributed by atoms with Crippen LogP contribution in [-0.2, 0) is 9.47 Å². The Morgan fingerprint density at radius 3 is 2.42 bits per heavy atom. The molecule has 4 atom stereocenters. The van der Waals surface area contributed by atoms with Gasteiger partial charge in [0.2, 0.25) is 0 Å². The number of rotatable bonds is 6. The molecule has 1 aliphatic heterocycles. The third-order valence-corrected chi connectivity index (χ3v) is 7.66. The van der Waals surface area contributed by atoms with Crippen molar-refractivity contribution in [2.75, 3.05) is 6.61 Å². The summed E-state index contributed by atoms with van der Waals surface area (Å²) in [5.74, 6) is 0.426. The van der Waals surface area contributed by atoms with E-state index in [1.807, 2.05) is 19.9 Å². The van der Waals surface area contributed by atoms with Crippen molar-refractivity contribution in [3.63, 3.8) is 0 Å². The quantitative estimate of drug-likeness (QED) is 0.600. The fourth-order valence-corrected chi connectivity index (χ4v) is 7.08. The molecule has 0 aromatic carbocycles. The van der Waals surface area contributed by atoms with Crippen molar-refractivity contribution in [3.8, 4) is 0 Å². The first kappa shape index (κ1) is 23.2. The van der Waals surface area contributed by atoms with Gasteiger partial charge >= 0.3 is 0 Å². The van der Waals surface area contributed by atoms with Gasteiger partial charge in [-0.3, -0.25) is 0 Å². The van der Waals surface area contributed by atoms with Crippen LogP contribution < -0.4 is 0 Å². The molecule has 1 spiro atoms. The van der Waals surface area contributed by atoms with E-state index in [0.717, 1.165) is 49.7 Å². The molecule has 3 aliphatic carbocycles. The van der Waals surface area contributed by atoms with Gasteiger partial charge < -0.3 is 19.7 Å². The van der Waals surface area contributed by atoms with Crippen LogP contribution in [0.3, 0.4) is 0 Å². The molecule has 2 N–H and O–H groups in total. The lowest BCUT2D eigenvalue weighted by molar-refractivity contribution is -0.155. The van der Waals surface area contributed by atoms with Crippen LogP contribution in [0.15, 0.2) is 34.9 Å². The Labute approximate surface area is 188 Å². The summed E-state index contributed by atoms with van der Waals surface area (Å²) in [7, 11) is 0. The molecule has 174 valence electrons. The Hall–Kier alpha value is -0.940. The van der Waals surface area contributed by atoms with E-state index >= 15 is 0 Å². The van der Waals surface area contributed by atoms with Gasteiger partial charge in [0.25, 0.3) is 0 Å². The lowest BCUT2D eigenvalue weighted by atomic mass is 9.57. The summed E-state index contributed by atoms with van der Waals surface area (Å²) in [5.41, 5.74) is 2.22. The van der Waals surface area contributed by atoms with Crippen LogP contribution in [0.1, 0.15) is 80.1 Å². The van der Waals surface area contributed by atoms with Crippen molar-refractivity contribution >= 4 is 0 Å². The molecule has 0 aromatic heterocycles. The highest BCUT2D eigenvalue weighted by Gasteiger charge is 2.67. The van der Waals surface area contributed by atoms with Gasteiger partial charge in [0.05, 0.1) is 12.2 Å². The molecule has 0 radical (unpaired) electrons. The summed E-state index contributed by atoms with van der Waals surface area (Å²) >= 11 is 0. The monoisotopic (exact) mass is 430 g/mol. The van der Waals surface area contributed by atoms with Crippen LogP contribution in [0.25, 0.3) is 0 Å². The van der Waals surface area contributed by atoms with Crippen molar-refractivity contribution < 1.29 is 19.7 Å². The van der Waals surface area contributed by atoms with E-state index in [0.29, 0.717) is 11.8 Å². The fourth-order valence-electron chi connectivity index (χ4n) is 7.08. The minimum atomic E-state index is -0.766. The first-order valence-electron chi connectivity index (χ1n) is 12.4. The van der Waals surface area contributed by atoms with Crippen molar-refractivity contribution in [3.05, 3.63) is 34.9 Å². The highest BCUT2D eigenvalue weighted by molar-refractivity contribution is 5.58. The van der Waals surface area contributed by atoms with Crippen LogP contribution >= 0.6 is 0 Å². The lowest BCUT2D eigenvalue weighted by Crippen LogP contribution is -2.57. The average Bonchev–Trinajstić information content (AvgIpc) is 2.74. The molecule has 4 nitrogen and oxygen atoms in total. The van der Waals surface area contributed by atoms with Crippen LogP contribution in [0.5, 0.6) is 0 Å². The highest BCUT2D eigenvalue weighted by atomic mass is 16.8. The summed E-state index contributed by atoms with van der Waals surface area (Å²) in [4.78, 5) is 0. The topological polar surface area (TPSA) is 58.9 Å². The minimum Gasteiger partial charge on any atom is -0.392 e. The Kier molecular flexibility index (Phi) is 6.09. The van der Waals surface area contributed by atoms with E-state index in [2.05, 4.69) is 39.8 Å². The fraction of sp³-hybridized carbons (Fsp3) is 0.778. The second kappa shape index (κ2) is 8.13. The van der Waals surface area contributed by atoms with Gasteiger partial charge in [-0.1, -0.05) is 58.8 Å². The maximum Gasteiger partial charge on any atom is 0.165 e. The maximum atomic E-state index is 12.2. The predicted octanol–water partition coefficient (Wildman–Crippen LogP) is 5.31. The molecule has 1 unspecified atom stereocenters. The summed E-state index contributed by atoms with van der Waals surface area (Å²) in [6.07, 6.45) is 12.0. The van der Waals surface area contributed by atoms with Crippen molar-refractivity contribution in [1.29, 1.82) is 0 Å². The van der Waals surface area contributed by atoms with E-state index in [1.165, 1.54) is 5.57 Å². The molecule has 4 rings (SSSR count). The van der Waals surface area contributed by atoms with E-state index in [1.54, 1.807) is 0 Å². The van der Waals surface area contributed by atoms with Gasteiger partial charge in [0, 0.05) is 5.92 Å². The smallest absolute Gasteiger partial charge is 0.165 e. The molecule has 4 aliphatic rings. The summed E-state index contributed by atoms with van der Waals surface area (Å²) in [6.45, 7) is 12.8. The maximum absolute atomic E-state index is 12.2.